The number of hydrogen-bond acceptors (Lipinski definition) is 3. The molecular weight excluding hydrogens is 254 g/mol. The highest BCUT2D eigenvalue weighted by atomic mass is 16.5. The number of guanidine groups is 1. The minimum absolute atomic E-state index is 0.248. The van der Waals surface area contributed by atoms with Gasteiger partial charge in [0.2, 0.25) is 0 Å². The topological polar surface area (TPSA) is 58.8 Å². The summed E-state index contributed by atoms with van der Waals surface area (Å²) in [5.41, 5.74) is -0.248. The fraction of sp³-hybridized carbons (Fsp3) is 0.667. The summed E-state index contributed by atoms with van der Waals surface area (Å²) in [5.74, 6) is 1.80. The Hall–Kier alpha value is -1.49. The number of ether oxygens (including phenoxy) is 1. The minimum atomic E-state index is -0.248. The molecule has 0 saturated carbocycles. The molecule has 1 aromatic rings. The molecule has 0 fully saturated rings. The van der Waals surface area contributed by atoms with Gasteiger partial charge in [-0.15, -0.1) is 0 Å². The van der Waals surface area contributed by atoms with Gasteiger partial charge in [-0.3, -0.25) is 4.99 Å². The molecule has 20 heavy (non-hydrogen) atoms. The standard InChI is InChI=1S/C15H27N3O2/c1-5-9-16-14(18-12-15(2,3)19-4)17-10-8-13-7-6-11-20-13/h6-7,11H,5,8-10,12H2,1-4H3,(H2,16,17,18). The van der Waals surface area contributed by atoms with Crippen molar-refractivity contribution in [2.24, 2.45) is 4.99 Å². The third kappa shape index (κ3) is 6.61. The van der Waals surface area contributed by atoms with Crippen LogP contribution in [0.2, 0.25) is 0 Å². The normalized spacial score (nSPS) is 12.5. The molecule has 0 aliphatic carbocycles. The van der Waals surface area contributed by atoms with Crippen molar-refractivity contribution >= 4 is 5.96 Å². The second kappa shape index (κ2) is 8.64. The highest BCUT2D eigenvalue weighted by molar-refractivity contribution is 5.79. The van der Waals surface area contributed by atoms with Crippen LogP contribution in [0, 0.1) is 0 Å². The summed E-state index contributed by atoms with van der Waals surface area (Å²) in [7, 11) is 1.71. The Morgan fingerprint density at radius 3 is 2.70 bits per heavy atom. The van der Waals surface area contributed by atoms with E-state index in [1.165, 1.54) is 0 Å². The summed E-state index contributed by atoms with van der Waals surface area (Å²) in [6.07, 6.45) is 3.60. The van der Waals surface area contributed by atoms with Crippen molar-refractivity contribution in [2.75, 3.05) is 26.7 Å². The van der Waals surface area contributed by atoms with E-state index >= 15 is 0 Å². The summed E-state index contributed by atoms with van der Waals surface area (Å²) in [6.45, 7) is 8.49. The maximum Gasteiger partial charge on any atom is 0.191 e. The fourth-order valence-electron chi connectivity index (χ4n) is 1.51. The van der Waals surface area contributed by atoms with Gasteiger partial charge in [0.15, 0.2) is 5.96 Å². The molecule has 0 aliphatic heterocycles. The molecule has 0 radical (unpaired) electrons. The SMILES string of the molecule is CCCNC(=NCC(C)(C)OC)NCCc1ccco1. The Kier molecular flexibility index (Phi) is 7.15. The van der Waals surface area contributed by atoms with Crippen LogP contribution in [0.4, 0.5) is 0 Å². The molecule has 0 aromatic carbocycles. The van der Waals surface area contributed by atoms with Crippen LogP contribution in [0.25, 0.3) is 0 Å². The van der Waals surface area contributed by atoms with Crippen LogP contribution in [-0.2, 0) is 11.2 Å². The molecule has 0 amide bonds. The van der Waals surface area contributed by atoms with Crippen molar-refractivity contribution in [3.63, 3.8) is 0 Å². The Labute approximate surface area is 121 Å². The van der Waals surface area contributed by atoms with Gasteiger partial charge >= 0.3 is 0 Å². The van der Waals surface area contributed by atoms with Gasteiger partial charge in [0.25, 0.3) is 0 Å². The first kappa shape index (κ1) is 16.6. The molecule has 5 nitrogen and oxygen atoms in total. The number of rotatable bonds is 8. The van der Waals surface area contributed by atoms with Gasteiger partial charge in [0.1, 0.15) is 5.76 Å². The Balaban J connectivity index is 2.44. The fourth-order valence-corrected chi connectivity index (χ4v) is 1.51. The molecule has 1 heterocycles. The van der Waals surface area contributed by atoms with E-state index in [1.807, 2.05) is 26.0 Å². The molecule has 0 spiro atoms. The molecule has 1 aromatic heterocycles. The van der Waals surface area contributed by atoms with Gasteiger partial charge < -0.3 is 19.8 Å². The van der Waals surface area contributed by atoms with Crippen molar-refractivity contribution in [3.05, 3.63) is 24.2 Å². The van der Waals surface area contributed by atoms with Crippen LogP contribution in [0.1, 0.15) is 33.0 Å². The molecule has 0 atom stereocenters. The third-order valence-electron chi connectivity index (χ3n) is 2.96. The highest BCUT2D eigenvalue weighted by Gasteiger charge is 2.15. The predicted octanol–water partition coefficient (Wildman–Crippen LogP) is 2.19. The van der Waals surface area contributed by atoms with Crippen LogP contribution < -0.4 is 10.6 Å². The predicted molar refractivity (Wildman–Crippen MR) is 82.1 cm³/mol. The third-order valence-corrected chi connectivity index (χ3v) is 2.96. The largest absolute Gasteiger partial charge is 0.469 e. The second-order valence-corrected chi connectivity index (χ2v) is 5.31. The van der Waals surface area contributed by atoms with Gasteiger partial charge in [0.05, 0.1) is 18.4 Å². The van der Waals surface area contributed by atoms with Crippen molar-refractivity contribution in [2.45, 2.75) is 39.2 Å². The summed E-state index contributed by atoms with van der Waals surface area (Å²) in [4.78, 5) is 4.56. The van der Waals surface area contributed by atoms with Crippen molar-refractivity contribution in [1.29, 1.82) is 0 Å². The lowest BCUT2D eigenvalue weighted by Crippen LogP contribution is -2.40. The van der Waals surface area contributed by atoms with Crippen molar-refractivity contribution in [3.8, 4) is 0 Å². The molecule has 2 N–H and O–H groups in total. The summed E-state index contributed by atoms with van der Waals surface area (Å²) in [5, 5.41) is 6.61. The van der Waals surface area contributed by atoms with Gasteiger partial charge in [-0.2, -0.15) is 0 Å². The monoisotopic (exact) mass is 281 g/mol. The summed E-state index contributed by atoms with van der Waals surface area (Å²) >= 11 is 0. The van der Waals surface area contributed by atoms with Crippen LogP contribution in [0.3, 0.4) is 0 Å². The van der Waals surface area contributed by atoms with E-state index in [0.717, 1.165) is 37.7 Å². The van der Waals surface area contributed by atoms with E-state index in [4.69, 9.17) is 9.15 Å². The van der Waals surface area contributed by atoms with E-state index in [9.17, 15) is 0 Å². The van der Waals surface area contributed by atoms with Gasteiger partial charge in [-0.05, 0) is 32.4 Å². The van der Waals surface area contributed by atoms with E-state index in [1.54, 1.807) is 13.4 Å². The second-order valence-electron chi connectivity index (χ2n) is 5.31. The van der Waals surface area contributed by atoms with E-state index in [0.29, 0.717) is 6.54 Å². The summed E-state index contributed by atoms with van der Waals surface area (Å²) in [6, 6.07) is 3.88. The van der Waals surface area contributed by atoms with Crippen LogP contribution in [0.15, 0.2) is 27.8 Å². The molecule has 0 bridgehead atoms. The lowest BCUT2D eigenvalue weighted by molar-refractivity contribution is 0.0310. The average molecular weight is 281 g/mol. The molecule has 5 heteroatoms. The first-order valence-corrected chi connectivity index (χ1v) is 7.17. The van der Waals surface area contributed by atoms with Crippen molar-refractivity contribution < 1.29 is 9.15 Å². The van der Waals surface area contributed by atoms with Gasteiger partial charge in [0, 0.05) is 26.6 Å². The van der Waals surface area contributed by atoms with Crippen molar-refractivity contribution in [1.82, 2.24) is 10.6 Å². The van der Waals surface area contributed by atoms with Gasteiger partial charge in [-0.1, -0.05) is 6.92 Å². The smallest absolute Gasteiger partial charge is 0.191 e. The Bertz CT molecular complexity index is 386. The molecule has 0 unspecified atom stereocenters. The van der Waals surface area contributed by atoms with Crippen LogP contribution in [-0.4, -0.2) is 38.3 Å². The summed E-state index contributed by atoms with van der Waals surface area (Å²) < 4.78 is 10.7. The van der Waals surface area contributed by atoms with Gasteiger partial charge in [-0.25, -0.2) is 0 Å². The number of hydrogen-bond donors (Lipinski definition) is 2. The van der Waals surface area contributed by atoms with E-state index in [2.05, 4.69) is 22.5 Å². The lowest BCUT2D eigenvalue weighted by atomic mass is 10.1. The number of aliphatic imine (C=N–C) groups is 1. The Morgan fingerprint density at radius 2 is 2.10 bits per heavy atom. The lowest BCUT2D eigenvalue weighted by Gasteiger charge is -2.21. The highest BCUT2D eigenvalue weighted by Crippen LogP contribution is 2.07. The van der Waals surface area contributed by atoms with E-state index in [-0.39, 0.29) is 5.60 Å². The molecule has 114 valence electrons. The first-order valence-electron chi connectivity index (χ1n) is 7.17. The quantitative estimate of drug-likeness (QED) is 0.566. The molecule has 0 aliphatic rings. The number of nitrogens with one attached hydrogen (secondary N) is 2. The zero-order valence-electron chi connectivity index (χ0n) is 13.0. The maximum absolute atomic E-state index is 5.38. The number of furan rings is 1. The average Bonchev–Trinajstić information content (AvgIpc) is 2.94. The molecular formula is C15H27N3O2. The Morgan fingerprint density at radius 1 is 1.35 bits per heavy atom. The minimum Gasteiger partial charge on any atom is -0.469 e. The van der Waals surface area contributed by atoms with E-state index < -0.39 is 0 Å². The maximum atomic E-state index is 5.38. The number of nitrogens with zero attached hydrogens (tertiary/aromatic N) is 1. The zero-order chi connectivity index (χ0) is 14.8. The van der Waals surface area contributed by atoms with Crippen LogP contribution >= 0.6 is 0 Å². The molecule has 1 rings (SSSR count). The van der Waals surface area contributed by atoms with Crippen LogP contribution in [0.5, 0.6) is 0 Å². The number of methoxy groups -OCH3 is 1. The first-order chi connectivity index (χ1) is 9.57. The molecule has 0 saturated heterocycles. The zero-order valence-corrected chi connectivity index (χ0v) is 13.0.